The van der Waals surface area contributed by atoms with E-state index in [0.717, 1.165) is 37.4 Å². The zero-order valence-electron chi connectivity index (χ0n) is 16.1. The Morgan fingerprint density at radius 2 is 2.12 bits per heavy atom. The quantitative estimate of drug-likeness (QED) is 0.816. The average Bonchev–Trinajstić information content (AvgIpc) is 3.52. The number of piperidine rings is 1. The summed E-state index contributed by atoms with van der Waals surface area (Å²) in [6.07, 6.45) is 6.83. The van der Waals surface area contributed by atoms with Crippen LogP contribution in [0.4, 0.5) is 0 Å². The maximum atomic E-state index is 12.1. The second kappa shape index (κ2) is 4.65. The van der Waals surface area contributed by atoms with Crippen LogP contribution in [0.25, 0.3) is 0 Å². The predicted octanol–water partition coefficient (Wildman–Crippen LogP) is 2.45. The van der Waals surface area contributed by atoms with Crippen LogP contribution in [-0.4, -0.2) is 48.4 Å². The number of rotatable bonds is 4. The number of hydrogen-bond acceptors (Lipinski definition) is 4. The summed E-state index contributed by atoms with van der Waals surface area (Å²) in [4.78, 5) is 2.67. The number of nitrogens with one attached hydrogen (secondary N) is 1. The lowest BCUT2D eigenvalue weighted by molar-refractivity contribution is -0.0777. The molecule has 1 aromatic rings. The van der Waals surface area contributed by atoms with Gasteiger partial charge in [0.1, 0.15) is 5.75 Å². The Morgan fingerprint density at radius 1 is 1.31 bits per heavy atom. The van der Waals surface area contributed by atoms with Crippen molar-refractivity contribution in [1.82, 2.24) is 10.2 Å². The number of aryl methyl sites for hydroxylation is 1. The van der Waals surface area contributed by atoms with Gasteiger partial charge in [0.25, 0.3) is 0 Å². The lowest BCUT2D eigenvalue weighted by Gasteiger charge is -2.51. The van der Waals surface area contributed by atoms with Gasteiger partial charge in [-0.2, -0.15) is 0 Å². The molecule has 4 aliphatic carbocycles. The lowest BCUT2D eigenvalue weighted by Crippen LogP contribution is -2.60. The predicted molar refractivity (Wildman–Crippen MR) is 101 cm³/mol. The van der Waals surface area contributed by atoms with Crippen molar-refractivity contribution in [2.75, 3.05) is 20.7 Å². The van der Waals surface area contributed by atoms with Gasteiger partial charge in [0.2, 0.25) is 0 Å². The first-order valence-corrected chi connectivity index (χ1v) is 10.4. The average molecular weight is 354 g/mol. The molecule has 4 heteroatoms. The number of likely N-dealkylation sites (tertiary alicyclic amines) is 1. The Balaban J connectivity index is 1.57. The topological polar surface area (TPSA) is 44.5 Å². The molecule has 0 amide bonds. The van der Waals surface area contributed by atoms with Crippen molar-refractivity contribution < 1.29 is 9.84 Å². The fraction of sp³-hybridized carbons (Fsp3) is 0.727. The van der Waals surface area contributed by atoms with Crippen LogP contribution >= 0.6 is 0 Å². The molecule has 6 unspecified atom stereocenters. The van der Waals surface area contributed by atoms with Crippen molar-refractivity contribution in [3.05, 3.63) is 28.8 Å². The van der Waals surface area contributed by atoms with E-state index in [0.29, 0.717) is 12.1 Å². The van der Waals surface area contributed by atoms with E-state index in [-0.39, 0.29) is 11.0 Å². The summed E-state index contributed by atoms with van der Waals surface area (Å²) in [6, 6.07) is 5.39. The number of aliphatic hydroxyl groups is 1. The van der Waals surface area contributed by atoms with Crippen molar-refractivity contribution in [2.24, 2.45) is 5.92 Å². The first-order valence-electron chi connectivity index (χ1n) is 10.4. The first kappa shape index (κ1) is 15.9. The summed E-state index contributed by atoms with van der Waals surface area (Å²) in [5.74, 6) is 1.89. The zero-order valence-corrected chi connectivity index (χ0v) is 16.1. The largest absolute Gasteiger partial charge is 0.496 e. The standard InChI is InChI=1S/C22H30N2O2/c1-13-4-7-16-17(18(13)26-3)20-10-15(23-2)8-9-22(20,25)19-21(16,12-20)24(19)11-14-5-6-14/h4,7,14-15,19,23,25H,5-6,8-12H2,1-3H3. The molecule has 2 N–H and O–H groups in total. The van der Waals surface area contributed by atoms with Gasteiger partial charge in [-0.1, -0.05) is 12.1 Å². The summed E-state index contributed by atoms with van der Waals surface area (Å²) in [5.41, 5.74) is 3.35. The van der Waals surface area contributed by atoms with E-state index in [1.54, 1.807) is 7.11 Å². The number of hydrogen-bond donors (Lipinski definition) is 2. The molecule has 1 aliphatic heterocycles. The van der Waals surface area contributed by atoms with Crippen molar-refractivity contribution in [2.45, 2.75) is 74.1 Å². The molecule has 0 aromatic heterocycles. The molecule has 4 fully saturated rings. The molecule has 5 aliphatic rings. The number of fused-ring (bicyclic) bond motifs is 2. The second-order valence-corrected chi connectivity index (χ2v) is 9.67. The highest BCUT2D eigenvalue weighted by Crippen LogP contribution is 2.80. The smallest absolute Gasteiger partial charge is 0.125 e. The van der Waals surface area contributed by atoms with E-state index in [2.05, 4.69) is 36.3 Å². The van der Waals surface area contributed by atoms with Gasteiger partial charge < -0.3 is 15.2 Å². The van der Waals surface area contributed by atoms with Crippen LogP contribution in [-0.2, 0) is 11.0 Å². The second-order valence-electron chi connectivity index (χ2n) is 9.67. The summed E-state index contributed by atoms with van der Waals surface area (Å²) in [6.45, 7) is 3.32. The fourth-order valence-electron chi connectivity index (χ4n) is 7.34. The first-order chi connectivity index (χ1) is 12.5. The van der Waals surface area contributed by atoms with Crippen LogP contribution in [0.1, 0.15) is 55.2 Å². The van der Waals surface area contributed by atoms with Crippen LogP contribution in [0, 0.1) is 12.8 Å². The number of methoxy groups -OCH3 is 1. The number of ether oxygens (including phenoxy) is 1. The highest BCUT2D eigenvalue weighted by atomic mass is 16.5. The Morgan fingerprint density at radius 3 is 2.81 bits per heavy atom. The molecule has 3 saturated carbocycles. The third-order valence-electron chi connectivity index (χ3n) is 8.59. The van der Waals surface area contributed by atoms with Crippen LogP contribution in [0.2, 0.25) is 0 Å². The monoisotopic (exact) mass is 354 g/mol. The molecule has 0 radical (unpaired) electrons. The van der Waals surface area contributed by atoms with Crippen LogP contribution in [0.5, 0.6) is 5.75 Å². The van der Waals surface area contributed by atoms with Gasteiger partial charge in [0.15, 0.2) is 0 Å². The minimum absolute atomic E-state index is 0.0796. The van der Waals surface area contributed by atoms with Gasteiger partial charge in [-0.15, -0.1) is 0 Å². The molecule has 6 rings (SSSR count). The molecular formula is C22H30N2O2. The normalized spacial score (nSPS) is 47.3. The number of benzene rings is 1. The fourth-order valence-corrected chi connectivity index (χ4v) is 7.34. The van der Waals surface area contributed by atoms with E-state index in [1.807, 2.05) is 0 Å². The van der Waals surface area contributed by atoms with E-state index in [1.165, 1.54) is 36.1 Å². The minimum Gasteiger partial charge on any atom is -0.496 e. The number of nitrogens with zero attached hydrogens (tertiary/aromatic N) is 1. The van der Waals surface area contributed by atoms with Crippen LogP contribution in [0.15, 0.2) is 12.1 Å². The molecule has 1 aromatic carbocycles. The van der Waals surface area contributed by atoms with Gasteiger partial charge in [0.05, 0.1) is 24.3 Å². The highest BCUT2D eigenvalue weighted by molar-refractivity contribution is 5.67. The van der Waals surface area contributed by atoms with Gasteiger partial charge >= 0.3 is 0 Å². The summed E-state index contributed by atoms with van der Waals surface area (Å²) in [5, 5.41) is 15.7. The molecule has 26 heavy (non-hydrogen) atoms. The van der Waals surface area contributed by atoms with Crippen molar-refractivity contribution in [3.8, 4) is 5.75 Å². The van der Waals surface area contributed by atoms with E-state index in [9.17, 15) is 5.11 Å². The van der Waals surface area contributed by atoms with Gasteiger partial charge in [-0.3, -0.25) is 4.90 Å². The minimum atomic E-state index is -0.594. The molecule has 1 heterocycles. The van der Waals surface area contributed by atoms with E-state index >= 15 is 0 Å². The van der Waals surface area contributed by atoms with Gasteiger partial charge in [-0.05, 0) is 69.5 Å². The van der Waals surface area contributed by atoms with Crippen molar-refractivity contribution in [3.63, 3.8) is 0 Å². The summed E-state index contributed by atoms with van der Waals surface area (Å²) < 4.78 is 5.94. The molecule has 140 valence electrons. The molecule has 2 spiro atoms. The summed E-state index contributed by atoms with van der Waals surface area (Å²) >= 11 is 0. The molecule has 1 saturated heterocycles. The maximum absolute atomic E-state index is 12.1. The van der Waals surface area contributed by atoms with E-state index in [4.69, 9.17) is 4.74 Å². The van der Waals surface area contributed by atoms with Crippen LogP contribution < -0.4 is 10.1 Å². The Bertz CT molecular complexity index is 806. The molecule has 2 bridgehead atoms. The maximum Gasteiger partial charge on any atom is 0.125 e. The van der Waals surface area contributed by atoms with Crippen molar-refractivity contribution in [1.29, 1.82) is 0 Å². The molecule has 4 nitrogen and oxygen atoms in total. The highest BCUT2D eigenvalue weighted by Gasteiger charge is 2.88. The Hall–Kier alpha value is -1.10. The summed E-state index contributed by atoms with van der Waals surface area (Å²) in [7, 11) is 3.87. The van der Waals surface area contributed by atoms with E-state index < -0.39 is 5.60 Å². The Labute approximate surface area is 155 Å². The van der Waals surface area contributed by atoms with Gasteiger partial charge in [-0.25, -0.2) is 0 Å². The SMILES string of the molecule is CNC1CCC2(O)C3N(CC4CC4)C34CC2(C1)c1c4ccc(C)c1OC. The molecule has 6 atom stereocenters. The lowest BCUT2D eigenvalue weighted by atomic mass is 9.58. The van der Waals surface area contributed by atoms with Crippen molar-refractivity contribution >= 4 is 0 Å². The third kappa shape index (κ3) is 1.52. The molecular weight excluding hydrogens is 324 g/mol. The van der Waals surface area contributed by atoms with Gasteiger partial charge in [0, 0.05) is 23.6 Å². The van der Waals surface area contributed by atoms with Crippen LogP contribution in [0.3, 0.4) is 0 Å². The third-order valence-corrected chi connectivity index (χ3v) is 8.59. The zero-order chi connectivity index (χ0) is 17.9. The Kier molecular flexibility index (Phi) is 2.85.